The van der Waals surface area contributed by atoms with Crippen LogP contribution in [0, 0.1) is 5.92 Å². The molecule has 2 aromatic carbocycles. The molecule has 1 saturated heterocycles. The number of amides is 1. The minimum Gasteiger partial charge on any atom is -0.381 e. The lowest BCUT2D eigenvalue weighted by atomic mass is 9.89. The molecule has 1 aliphatic rings. The Kier molecular flexibility index (Phi) is 5.11. The van der Waals surface area contributed by atoms with Gasteiger partial charge in [0.2, 0.25) is 5.91 Å². The van der Waals surface area contributed by atoms with E-state index in [0.29, 0.717) is 30.9 Å². The van der Waals surface area contributed by atoms with E-state index in [4.69, 9.17) is 15.6 Å². The van der Waals surface area contributed by atoms with Gasteiger partial charge < -0.3 is 10.5 Å². The van der Waals surface area contributed by atoms with Crippen molar-refractivity contribution in [1.29, 1.82) is 0 Å². The van der Waals surface area contributed by atoms with Gasteiger partial charge in [0.1, 0.15) is 5.69 Å². The maximum absolute atomic E-state index is 12.9. The topological polar surface area (TPSA) is 70.1 Å². The Morgan fingerprint density at radius 1 is 1.17 bits per heavy atom. The molecule has 0 spiro atoms. The maximum atomic E-state index is 12.9. The molecule has 0 bridgehead atoms. The van der Waals surface area contributed by atoms with Crippen LogP contribution in [0.2, 0.25) is 0 Å². The number of halogens is 3. The van der Waals surface area contributed by atoms with Crippen molar-refractivity contribution in [3.8, 4) is 11.3 Å². The molecule has 0 saturated carbocycles. The lowest BCUT2D eigenvalue weighted by molar-refractivity contribution is -0.137. The first-order chi connectivity index (χ1) is 14.3. The molecule has 0 aliphatic carbocycles. The number of alkyl halides is 3. The second-order valence-corrected chi connectivity index (χ2v) is 7.31. The van der Waals surface area contributed by atoms with Gasteiger partial charge in [0.15, 0.2) is 0 Å². The molecule has 1 amide bonds. The van der Waals surface area contributed by atoms with Gasteiger partial charge in [0.25, 0.3) is 0 Å². The summed E-state index contributed by atoms with van der Waals surface area (Å²) in [5, 5.41) is 5.57. The number of primary amides is 1. The Bertz CT molecular complexity index is 1100. The van der Waals surface area contributed by atoms with Gasteiger partial charge in [-0.15, -0.1) is 0 Å². The second kappa shape index (κ2) is 7.60. The average molecular weight is 415 g/mol. The third kappa shape index (κ3) is 3.59. The van der Waals surface area contributed by atoms with E-state index in [2.05, 4.69) is 6.58 Å². The Morgan fingerprint density at radius 2 is 1.87 bits per heavy atom. The number of nitrogens with two attached hydrogens (primary N) is 1. The van der Waals surface area contributed by atoms with Crippen LogP contribution in [0.25, 0.3) is 22.2 Å². The lowest BCUT2D eigenvalue weighted by Crippen LogP contribution is -2.35. The Morgan fingerprint density at radius 3 is 2.53 bits per heavy atom. The predicted octanol–water partition coefficient (Wildman–Crippen LogP) is 4.34. The monoisotopic (exact) mass is 415 g/mol. The molecule has 2 N–H and O–H groups in total. The van der Waals surface area contributed by atoms with Gasteiger partial charge in [-0.05, 0) is 24.6 Å². The number of carbonyl (C=O) groups is 1. The summed E-state index contributed by atoms with van der Waals surface area (Å²) >= 11 is 0. The second-order valence-electron chi connectivity index (χ2n) is 7.31. The van der Waals surface area contributed by atoms with Crippen LogP contribution >= 0.6 is 0 Å². The molecule has 2 unspecified atom stereocenters. The van der Waals surface area contributed by atoms with Crippen molar-refractivity contribution in [2.45, 2.75) is 18.6 Å². The largest absolute Gasteiger partial charge is 0.416 e. The van der Waals surface area contributed by atoms with Crippen molar-refractivity contribution in [1.82, 2.24) is 9.78 Å². The molecule has 2 atom stereocenters. The van der Waals surface area contributed by atoms with Crippen LogP contribution in [-0.4, -0.2) is 28.9 Å². The van der Waals surface area contributed by atoms with Crippen LogP contribution in [0.1, 0.15) is 18.0 Å². The third-order valence-electron chi connectivity index (χ3n) is 5.50. The normalized spacial score (nSPS) is 19.7. The van der Waals surface area contributed by atoms with Gasteiger partial charge in [-0.25, -0.2) is 0 Å². The molecule has 1 aliphatic heterocycles. The molecule has 0 radical (unpaired) electrons. The summed E-state index contributed by atoms with van der Waals surface area (Å²) in [5.41, 5.74) is 6.99. The minimum atomic E-state index is -4.40. The van der Waals surface area contributed by atoms with Crippen LogP contribution in [0.4, 0.5) is 13.2 Å². The summed E-state index contributed by atoms with van der Waals surface area (Å²) in [7, 11) is 0. The highest BCUT2D eigenvalue weighted by Gasteiger charge is 2.34. The summed E-state index contributed by atoms with van der Waals surface area (Å²) in [6, 6.07) is 12.2. The highest BCUT2D eigenvalue weighted by molar-refractivity contribution is 5.94. The van der Waals surface area contributed by atoms with Gasteiger partial charge in [-0.2, -0.15) is 18.3 Å². The van der Waals surface area contributed by atoms with E-state index in [-0.39, 0.29) is 17.5 Å². The summed E-state index contributed by atoms with van der Waals surface area (Å²) in [5.74, 6) is -0.921. The van der Waals surface area contributed by atoms with Crippen LogP contribution in [-0.2, 0) is 15.7 Å². The van der Waals surface area contributed by atoms with Crippen LogP contribution in [0.3, 0.4) is 0 Å². The van der Waals surface area contributed by atoms with Crippen LogP contribution < -0.4 is 5.73 Å². The zero-order valence-corrected chi connectivity index (χ0v) is 16.0. The molecule has 8 heteroatoms. The van der Waals surface area contributed by atoms with Gasteiger partial charge in [0.05, 0.1) is 23.7 Å². The van der Waals surface area contributed by atoms with Crippen LogP contribution in [0.15, 0.2) is 60.7 Å². The summed E-state index contributed by atoms with van der Waals surface area (Å²) in [6.07, 6.45) is -3.79. The first-order valence-electron chi connectivity index (χ1n) is 9.48. The Labute approximate surface area is 170 Å². The van der Waals surface area contributed by atoms with Crippen molar-refractivity contribution >= 4 is 16.8 Å². The molecule has 1 aromatic heterocycles. The summed E-state index contributed by atoms with van der Waals surface area (Å²) in [6.45, 7) is 4.63. The van der Waals surface area contributed by atoms with Crippen molar-refractivity contribution in [3.05, 3.63) is 66.2 Å². The number of para-hydroxylation sites is 1. The average Bonchev–Trinajstić information content (AvgIpc) is 3.12. The quantitative estimate of drug-likeness (QED) is 0.645. The maximum Gasteiger partial charge on any atom is 0.416 e. The number of benzene rings is 2. The zero-order chi connectivity index (χ0) is 21.5. The number of hydrogen-bond donors (Lipinski definition) is 1. The fraction of sp³-hybridized carbons (Fsp3) is 0.273. The number of carbonyl (C=O) groups excluding carboxylic acids is 1. The van der Waals surface area contributed by atoms with Gasteiger partial charge in [-0.3, -0.25) is 9.48 Å². The predicted molar refractivity (Wildman–Crippen MR) is 106 cm³/mol. The molecular formula is C22H20F3N3O2. The molecule has 3 aromatic rings. The van der Waals surface area contributed by atoms with Crippen molar-refractivity contribution in [2.75, 3.05) is 13.2 Å². The first kappa shape index (κ1) is 20.2. The Balaban J connectivity index is 1.81. The molecule has 5 nitrogen and oxygen atoms in total. The number of nitrogens with zero attached hydrogens (tertiary/aromatic N) is 2. The van der Waals surface area contributed by atoms with E-state index in [9.17, 15) is 18.0 Å². The Hall–Kier alpha value is -3.13. The van der Waals surface area contributed by atoms with E-state index in [1.165, 1.54) is 12.1 Å². The van der Waals surface area contributed by atoms with E-state index < -0.39 is 17.6 Å². The van der Waals surface area contributed by atoms with E-state index in [1.54, 1.807) is 0 Å². The number of fused-ring (bicyclic) bond motifs is 1. The molecular weight excluding hydrogens is 395 g/mol. The highest BCUT2D eigenvalue weighted by atomic mass is 19.4. The van der Waals surface area contributed by atoms with Crippen molar-refractivity contribution in [3.63, 3.8) is 0 Å². The SMILES string of the molecule is C=C(C(N)=O)C1COCCC1n1nc(-c2ccc(C(F)(F)F)cc2)c2ccccc21. The number of aromatic nitrogens is 2. The molecule has 2 heterocycles. The minimum absolute atomic E-state index is 0.202. The smallest absolute Gasteiger partial charge is 0.381 e. The first-order valence-corrected chi connectivity index (χ1v) is 9.48. The number of rotatable bonds is 4. The van der Waals surface area contributed by atoms with Crippen molar-refractivity contribution in [2.24, 2.45) is 11.7 Å². The standard InChI is InChI=1S/C22H20F3N3O2/c1-13(21(26)29)17-12-30-11-10-19(17)28-18-5-3-2-4-16(18)20(27-28)14-6-8-15(9-7-14)22(23,24)25/h2-9,17,19H,1,10-12H2,(H2,26,29). The van der Waals surface area contributed by atoms with E-state index in [1.807, 2.05) is 28.9 Å². The van der Waals surface area contributed by atoms with Gasteiger partial charge >= 0.3 is 6.18 Å². The molecule has 30 heavy (non-hydrogen) atoms. The fourth-order valence-electron chi connectivity index (χ4n) is 3.91. The molecule has 1 fully saturated rings. The van der Waals surface area contributed by atoms with Gasteiger partial charge in [0, 0.05) is 29.0 Å². The van der Waals surface area contributed by atoms with Gasteiger partial charge in [-0.1, -0.05) is 36.9 Å². The summed E-state index contributed by atoms with van der Waals surface area (Å²) in [4.78, 5) is 11.7. The van der Waals surface area contributed by atoms with Crippen LogP contribution in [0.5, 0.6) is 0 Å². The highest BCUT2D eigenvalue weighted by Crippen LogP contribution is 2.37. The zero-order valence-electron chi connectivity index (χ0n) is 16.0. The van der Waals surface area contributed by atoms with Crippen molar-refractivity contribution < 1.29 is 22.7 Å². The lowest BCUT2D eigenvalue weighted by Gasteiger charge is -2.32. The number of ether oxygens (including phenoxy) is 1. The van der Waals surface area contributed by atoms with E-state index in [0.717, 1.165) is 23.0 Å². The molecule has 4 rings (SSSR count). The fourth-order valence-corrected chi connectivity index (χ4v) is 3.91. The number of hydrogen-bond acceptors (Lipinski definition) is 3. The van der Waals surface area contributed by atoms with E-state index >= 15 is 0 Å². The third-order valence-corrected chi connectivity index (χ3v) is 5.50. The summed E-state index contributed by atoms with van der Waals surface area (Å²) < 4.78 is 46.1. The molecule has 156 valence electrons.